The monoisotopic (exact) mass is 244 g/mol. The minimum Gasteiger partial charge on any atom is -0.454 e. The molecule has 0 aromatic heterocycles. The Kier molecular flexibility index (Phi) is 3.02. The van der Waals surface area contributed by atoms with E-state index in [1.807, 2.05) is 48.5 Å². The first-order valence-corrected chi connectivity index (χ1v) is 5.65. The van der Waals surface area contributed by atoms with Crippen molar-refractivity contribution >= 4 is 0 Å². The van der Waals surface area contributed by atoms with E-state index in [4.69, 9.17) is 19.2 Å². The zero-order valence-corrected chi connectivity index (χ0v) is 9.67. The summed E-state index contributed by atoms with van der Waals surface area (Å²) in [5.74, 6) is 2.53. The van der Waals surface area contributed by atoms with Gasteiger partial charge in [-0.3, -0.25) is 0 Å². The molecule has 4 rings (SSSR count). The lowest BCUT2D eigenvalue weighted by atomic mass is 10.2. The van der Waals surface area contributed by atoms with Gasteiger partial charge in [0.1, 0.15) is 6.61 Å². The van der Waals surface area contributed by atoms with Gasteiger partial charge in [0, 0.05) is 5.56 Å². The maximum Gasteiger partial charge on any atom is 0.231 e. The lowest BCUT2D eigenvalue weighted by molar-refractivity contribution is -0.194. The highest BCUT2D eigenvalue weighted by molar-refractivity contribution is 5.40. The predicted octanol–water partition coefficient (Wildman–Crippen LogP) is 2.93. The highest BCUT2D eigenvalue weighted by Gasteiger charge is 2.10. The maximum atomic E-state index is 5.08. The Balaban J connectivity index is 0.000000111. The van der Waals surface area contributed by atoms with E-state index < -0.39 is 0 Å². The van der Waals surface area contributed by atoms with E-state index >= 15 is 0 Å². The van der Waals surface area contributed by atoms with E-state index in [2.05, 4.69) is 0 Å². The Hall–Kier alpha value is -2.20. The van der Waals surface area contributed by atoms with Crippen LogP contribution < -0.4 is 14.4 Å². The molecule has 92 valence electrons. The van der Waals surface area contributed by atoms with Crippen LogP contribution in [0.15, 0.2) is 48.5 Å². The molecule has 4 heteroatoms. The molecule has 2 heterocycles. The van der Waals surface area contributed by atoms with Crippen LogP contribution in [-0.4, -0.2) is 6.79 Å². The summed E-state index contributed by atoms with van der Waals surface area (Å²) in [6.45, 7) is 0.940. The third kappa shape index (κ3) is 2.24. The summed E-state index contributed by atoms with van der Waals surface area (Å²) in [7, 11) is 0. The second-order valence-electron chi connectivity index (χ2n) is 3.81. The van der Waals surface area contributed by atoms with Gasteiger partial charge in [0.15, 0.2) is 17.2 Å². The van der Waals surface area contributed by atoms with Crippen LogP contribution in [0.4, 0.5) is 0 Å². The summed E-state index contributed by atoms with van der Waals surface area (Å²) in [5.41, 5.74) is 1.12. The number of hydrogen-bond acceptors (Lipinski definition) is 4. The molecule has 0 amide bonds. The topological polar surface area (TPSA) is 36.9 Å². The molecule has 0 bridgehead atoms. The van der Waals surface area contributed by atoms with E-state index in [1.54, 1.807) is 0 Å². The second kappa shape index (κ2) is 4.98. The molecule has 0 unspecified atom stereocenters. The fraction of sp³-hybridized carbons (Fsp3) is 0.143. The Morgan fingerprint density at radius 2 is 1.33 bits per heavy atom. The van der Waals surface area contributed by atoms with Crippen LogP contribution in [0, 0.1) is 0 Å². The zero-order valence-electron chi connectivity index (χ0n) is 9.67. The molecule has 18 heavy (non-hydrogen) atoms. The fourth-order valence-electron chi connectivity index (χ4n) is 1.71. The molecule has 0 fully saturated rings. The summed E-state index contributed by atoms with van der Waals surface area (Å²) >= 11 is 0. The average molecular weight is 244 g/mol. The van der Waals surface area contributed by atoms with Gasteiger partial charge >= 0.3 is 0 Å². The van der Waals surface area contributed by atoms with Crippen LogP contribution in [0.2, 0.25) is 0 Å². The molecule has 0 radical (unpaired) electrons. The Bertz CT molecular complexity index is 443. The lowest BCUT2D eigenvalue weighted by Gasteiger charge is -1.89. The first kappa shape index (κ1) is 10.9. The van der Waals surface area contributed by atoms with E-state index in [0.717, 1.165) is 22.8 Å². The molecular weight excluding hydrogens is 232 g/mol. The number of para-hydroxylation sites is 3. The molecule has 0 saturated heterocycles. The molecule has 2 aliphatic heterocycles. The molecule has 2 aromatic carbocycles. The highest BCUT2D eigenvalue weighted by atomic mass is 17.2. The minimum atomic E-state index is 0.360. The molecule has 0 atom stereocenters. The molecule has 2 aromatic rings. The fourth-order valence-corrected chi connectivity index (χ4v) is 1.71. The van der Waals surface area contributed by atoms with Crippen molar-refractivity contribution < 1.29 is 19.2 Å². The summed E-state index contributed by atoms with van der Waals surface area (Å²) in [6.07, 6.45) is 0. The van der Waals surface area contributed by atoms with Gasteiger partial charge in [-0.15, -0.1) is 0 Å². The third-order valence-corrected chi connectivity index (χ3v) is 2.61. The van der Waals surface area contributed by atoms with Crippen LogP contribution in [-0.2, 0) is 11.5 Å². The summed E-state index contributed by atoms with van der Waals surface area (Å²) in [5, 5.41) is 0. The van der Waals surface area contributed by atoms with Crippen LogP contribution in [0.25, 0.3) is 0 Å². The van der Waals surface area contributed by atoms with Crippen molar-refractivity contribution in [2.24, 2.45) is 0 Å². The van der Waals surface area contributed by atoms with E-state index in [-0.39, 0.29) is 0 Å². The smallest absolute Gasteiger partial charge is 0.231 e. The maximum absolute atomic E-state index is 5.08. The largest absolute Gasteiger partial charge is 0.454 e. The standard InChI is InChI=1S/2C7H6O2/c1-2-4-7-6(3-1)8-5-9-7;1-2-4-7-6(3-1)5-8-9-7/h2*1-4H,5H2. The number of rotatable bonds is 0. The van der Waals surface area contributed by atoms with E-state index in [1.165, 1.54) is 0 Å². The van der Waals surface area contributed by atoms with Crippen molar-refractivity contribution in [3.05, 3.63) is 54.1 Å². The van der Waals surface area contributed by atoms with Crippen LogP contribution in [0.1, 0.15) is 5.56 Å². The Labute approximate surface area is 105 Å². The summed E-state index contributed by atoms with van der Waals surface area (Å²) in [6, 6.07) is 15.4. The van der Waals surface area contributed by atoms with Gasteiger partial charge in [-0.05, 0) is 18.2 Å². The molecule has 0 saturated carbocycles. The lowest BCUT2D eigenvalue weighted by Crippen LogP contribution is -1.92. The minimum absolute atomic E-state index is 0.360. The molecule has 4 nitrogen and oxygen atoms in total. The number of benzene rings is 2. The van der Waals surface area contributed by atoms with Gasteiger partial charge in [-0.25, -0.2) is 0 Å². The van der Waals surface area contributed by atoms with Gasteiger partial charge < -0.3 is 14.4 Å². The van der Waals surface area contributed by atoms with Crippen molar-refractivity contribution in [2.75, 3.05) is 6.79 Å². The van der Waals surface area contributed by atoms with Crippen molar-refractivity contribution in [3.8, 4) is 17.2 Å². The van der Waals surface area contributed by atoms with E-state index in [9.17, 15) is 0 Å². The van der Waals surface area contributed by atoms with Gasteiger partial charge in [0.05, 0.1) is 0 Å². The molecule has 2 aliphatic rings. The molecular formula is C14H12O4. The van der Waals surface area contributed by atoms with Crippen molar-refractivity contribution in [2.45, 2.75) is 6.61 Å². The van der Waals surface area contributed by atoms with Gasteiger partial charge in [0.2, 0.25) is 6.79 Å². The quantitative estimate of drug-likeness (QED) is 0.668. The zero-order chi connectivity index (χ0) is 12.2. The molecule has 0 aliphatic carbocycles. The summed E-state index contributed by atoms with van der Waals surface area (Å²) in [4.78, 5) is 9.51. The van der Waals surface area contributed by atoms with Crippen LogP contribution in [0.5, 0.6) is 17.2 Å². The number of hydrogen-bond donors (Lipinski definition) is 0. The number of ether oxygens (including phenoxy) is 2. The Morgan fingerprint density at radius 1 is 0.722 bits per heavy atom. The highest BCUT2D eigenvalue weighted by Crippen LogP contribution is 2.30. The normalized spacial score (nSPS) is 14.2. The second-order valence-corrected chi connectivity index (χ2v) is 3.81. The Morgan fingerprint density at radius 3 is 2.00 bits per heavy atom. The SMILES string of the molecule is c1ccc2c(c1)COO2.c1ccc2c(c1)OCO2. The molecule has 0 N–H and O–H groups in total. The van der Waals surface area contributed by atoms with Gasteiger partial charge in [-0.2, -0.15) is 4.89 Å². The third-order valence-electron chi connectivity index (χ3n) is 2.61. The van der Waals surface area contributed by atoms with E-state index in [0.29, 0.717) is 13.4 Å². The van der Waals surface area contributed by atoms with Crippen molar-refractivity contribution in [3.63, 3.8) is 0 Å². The summed E-state index contributed by atoms with van der Waals surface area (Å²) < 4.78 is 10.2. The van der Waals surface area contributed by atoms with Gasteiger partial charge in [0.25, 0.3) is 0 Å². The van der Waals surface area contributed by atoms with Crippen molar-refractivity contribution in [1.82, 2.24) is 0 Å². The van der Waals surface area contributed by atoms with Gasteiger partial charge in [-0.1, -0.05) is 30.3 Å². The average Bonchev–Trinajstić information content (AvgIpc) is 3.08. The van der Waals surface area contributed by atoms with Crippen LogP contribution >= 0.6 is 0 Å². The first-order valence-electron chi connectivity index (χ1n) is 5.65. The van der Waals surface area contributed by atoms with Crippen LogP contribution in [0.3, 0.4) is 0 Å². The number of fused-ring (bicyclic) bond motifs is 2. The van der Waals surface area contributed by atoms with Crippen molar-refractivity contribution in [1.29, 1.82) is 0 Å². The molecule has 0 spiro atoms. The first-order chi connectivity index (χ1) is 8.93. The predicted molar refractivity (Wildman–Crippen MR) is 64.4 cm³/mol.